The minimum atomic E-state index is -0.472. The van der Waals surface area contributed by atoms with Crippen LogP contribution in [0.2, 0.25) is 5.02 Å². The van der Waals surface area contributed by atoms with Crippen LogP contribution in [0.5, 0.6) is 11.5 Å². The van der Waals surface area contributed by atoms with Crippen LogP contribution in [0.15, 0.2) is 66.4 Å². The maximum Gasteiger partial charge on any atom is 0.270 e. The fourth-order valence-electron chi connectivity index (χ4n) is 3.97. The van der Waals surface area contributed by atoms with E-state index in [4.69, 9.17) is 21.1 Å². The molecule has 0 aliphatic carbocycles. The van der Waals surface area contributed by atoms with Gasteiger partial charge >= 0.3 is 0 Å². The Kier molecular flexibility index (Phi) is 5.58. The Hall–Kier alpha value is -3.68. The average molecular weight is 463 g/mol. The zero-order chi connectivity index (χ0) is 22.9. The van der Waals surface area contributed by atoms with Crippen LogP contribution < -0.4 is 9.47 Å². The zero-order valence-electron chi connectivity index (χ0n) is 17.5. The van der Waals surface area contributed by atoms with Crippen LogP contribution in [0.1, 0.15) is 27.0 Å². The number of hydrogen-bond acceptors (Lipinski definition) is 6. The van der Waals surface area contributed by atoms with Crippen LogP contribution in [-0.2, 0) is 13.0 Å². The quantitative estimate of drug-likeness (QED) is 0.292. The molecule has 0 unspecified atom stereocenters. The summed E-state index contributed by atoms with van der Waals surface area (Å²) in [4.78, 5) is 25.7. The molecule has 2 heterocycles. The molecule has 0 bridgehead atoms. The van der Waals surface area contributed by atoms with Crippen LogP contribution in [0, 0.1) is 10.1 Å². The van der Waals surface area contributed by atoms with Gasteiger partial charge in [-0.25, -0.2) is 0 Å². The largest absolute Gasteiger partial charge is 0.478 e. The first-order valence-electron chi connectivity index (χ1n) is 10.4. The Morgan fingerprint density at radius 2 is 1.94 bits per heavy atom. The third-order valence-electron chi connectivity index (χ3n) is 5.69. The number of nitrogens with zero attached hydrogens (tertiary/aromatic N) is 2. The Morgan fingerprint density at radius 3 is 2.73 bits per heavy atom. The van der Waals surface area contributed by atoms with Crippen molar-refractivity contribution in [1.29, 1.82) is 0 Å². The van der Waals surface area contributed by atoms with Crippen molar-refractivity contribution in [3.63, 3.8) is 0 Å². The van der Waals surface area contributed by atoms with Gasteiger partial charge in [-0.3, -0.25) is 19.8 Å². The van der Waals surface area contributed by atoms with E-state index in [1.165, 1.54) is 23.8 Å². The van der Waals surface area contributed by atoms with Crippen molar-refractivity contribution in [1.82, 2.24) is 4.90 Å². The van der Waals surface area contributed by atoms with Crippen LogP contribution in [0.4, 0.5) is 5.69 Å². The van der Waals surface area contributed by atoms with Crippen molar-refractivity contribution in [3.05, 3.63) is 104 Å². The third kappa shape index (κ3) is 4.33. The van der Waals surface area contributed by atoms with Crippen molar-refractivity contribution in [3.8, 4) is 11.5 Å². The molecule has 166 valence electrons. The Labute approximate surface area is 195 Å². The number of hydrogen-bond donors (Lipinski definition) is 0. The number of non-ortho nitro benzene ring substituents is 1. The highest BCUT2D eigenvalue weighted by molar-refractivity contribution is 6.30. The molecular weight excluding hydrogens is 444 g/mol. The molecule has 0 aromatic heterocycles. The van der Waals surface area contributed by atoms with E-state index >= 15 is 0 Å². The Morgan fingerprint density at radius 1 is 1.12 bits per heavy atom. The van der Waals surface area contributed by atoms with Crippen molar-refractivity contribution in [2.75, 3.05) is 13.3 Å². The van der Waals surface area contributed by atoms with E-state index in [9.17, 15) is 14.9 Å². The number of Topliss-reactive ketones (excluding diaryl/α,β-unsaturated/α-hetero) is 1. The third-order valence-corrected chi connectivity index (χ3v) is 5.94. The second-order valence-corrected chi connectivity index (χ2v) is 8.35. The molecule has 33 heavy (non-hydrogen) atoms. The number of ether oxygens (including phenoxy) is 2. The van der Waals surface area contributed by atoms with E-state index in [-0.39, 0.29) is 17.2 Å². The molecule has 0 N–H and O–H groups in total. The van der Waals surface area contributed by atoms with E-state index in [1.54, 1.807) is 24.3 Å². The van der Waals surface area contributed by atoms with Crippen LogP contribution in [-0.4, -0.2) is 28.9 Å². The lowest BCUT2D eigenvalue weighted by molar-refractivity contribution is -0.384. The average Bonchev–Trinajstić information content (AvgIpc) is 3.14. The lowest BCUT2D eigenvalue weighted by atomic mass is 10.0. The molecule has 0 amide bonds. The molecular formula is C25H19ClN2O5. The predicted molar refractivity (Wildman–Crippen MR) is 124 cm³/mol. The molecule has 0 fully saturated rings. The summed E-state index contributed by atoms with van der Waals surface area (Å²) in [6.07, 6.45) is 2.37. The number of nitro groups is 1. The monoisotopic (exact) mass is 462 g/mol. The number of carbonyl (C=O) groups is 1. The standard InChI is InChI=1S/C25H19ClN2O5/c26-18-6-4-16(5-7-18)10-11-27-14-21-22(32-15-27)9-8-20-24(29)23(33-25(20)21)13-17-2-1-3-19(12-17)28(30)31/h1-9,12-13H,10-11,14-15H2/b23-13-. The molecule has 0 saturated heterocycles. The fourth-order valence-corrected chi connectivity index (χ4v) is 4.09. The highest BCUT2D eigenvalue weighted by atomic mass is 35.5. The van der Waals surface area contributed by atoms with E-state index in [0.717, 1.165) is 18.5 Å². The summed E-state index contributed by atoms with van der Waals surface area (Å²) in [5, 5.41) is 11.8. The molecule has 0 spiro atoms. The summed E-state index contributed by atoms with van der Waals surface area (Å²) < 4.78 is 11.9. The summed E-state index contributed by atoms with van der Waals surface area (Å²) in [6, 6.07) is 17.3. The van der Waals surface area contributed by atoms with Gasteiger partial charge in [-0.2, -0.15) is 0 Å². The molecule has 3 aromatic rings. The number of allylic oxidation sites excluding steroid dienone is 1. The summed E-state index contributed by atoms with van der Waals surface area (Å²) in [7, 11) is 0. The minimum Gasteiger partial charge on any atom is -0.478 e. The first-order valence-corrected chi connectivity index (χ1v) is 10.8. The lowest BCUT2D eigenvalue weighted by Crippen LogP contribution is -2.33. The van der Waals surface area contributed by atoms with Gasteiger partial charge in [0.1, 0.15) is 18.2 Å². The maximum absolute atomic E-state index is 12.9. The summed E-state index contributed by atoms with van der Waals surface area (Å²) in [5.74, 6) is 1.07. The maximum atomic E-state index is 12.9. The molecule has 2 aliphatic rings. The smallest absolute Gasteiger partial charge is 0.270 e. The van der Waals surface area contributed by atoms with Gasteiger partial charge in [0.25, 0.3) is 5.69 Å². The van der Waals surface area contributed by atoms with Gasteiger partial charge in [0.2, 0.25) is 5.78 Å². The van der Waals surface area contributed by atoms with Gasteiger partial charge in [0, 0.05) is 30.2 Å². The Bertz CT molecular complexity index is 1290. The molecule has 0 radical (unpaired) electrons. The fraction of sp³-hybridized carbons (Fsp3) is 0.160. The SMILES string of the molecule is O=C1/C(=C/c2cccc([N+](=O)[O-])c2)Oc2c1ccc1c2CN(CCc2ccc(Cl)cc2)CO1. The van der Waals surface area contributed by atoms with Crippen LogP contribution >= 0.6 is 11.6 Å². The minimum absolute atomic E-state index is 0.0468. The highest BCUT2D eigenvalue weighted by Crippen LogP contribution is 2.42. The number of nitro benzene ring substituents is 1. The summed E-state index contributed by atoms with van der Waals surface area (Å²) in [5.41, 5.74) is 2.95. The van der Waals surface area contributed by atoms with Crippen molar-refractivity contribution >= 4 is 29.1 Å². The van der Waals surface area contributed by atoms with Gasteiger partial charge < -0.3 is 9.47 Å². The zero-order valence-corrected chi connectivity index (χ0v) is 18.2. The number of carbonyl (C=O) groups excluding carboxylic acids is 1. The number of benzene rings is 3. The second-order valence-electron chi connectivity index (χ2n) is 7.91. The molecule has 0 saturated carbocycles. The number of fused-ring (bicyclic) bond motifs is 3. The van der Waals surface area contributed by atoms with Gasteiger partial charge in [-0.15, -0.1) is 0 Å². The van der Waals surface area contributed by atoms with Crippen molar-refractivity contribution < 1.29 is 19.2 Å². The number of rotatable bonds is 5. The lowest BCUT2D eigenvalue weighted by Gasteiger charge is -2.29. The molecule has 2 aliphatic heterocycles. The van der Waals surface area contributed by atoms with E-state index in [0.29, 0.717) is 40.9 Å². The summed E-state index contributed by atoms with van der Waals surface area (Å²) >= 11 is 5.96. The highest BCUT2D eigenvalue weighted by Gasteiger charge is 2.33. The van der Waals surface area contributed by atoms with Crippen LogP contribution in [0.3, 0.4) is 0 Å². The van der Waals surface area contributed by atoms with E-state index < -0.39 is 4.92 Å². The van der Waals surface area contributed by atoms with Gasteiger partial charge in [-0.1, -0.05) is 35.9 Å². The molecule has 8 heteroatoms. The van der Waals surface area contributed by atoms with E-state index in [2.05, 4.69) is 4.90 Å². The molecule has 0 atom stereocenters. The molecule has 3 aromatic carbocycles. The topological polar surface area (TPSA) is 81.9 Å². The number of halogens is 1. The van der Waals surface area contributed by atoms with Crippen molar-refractivity contribution in [2.24, 2.45) is 0 Å². The second kappa shape index (κ2) is 8.69. The van der Waals surface area contributed by atoms with Crippen LogP contribution in [0.25, 0.3) is 6.08 Å². The first kappa shape index (κ1) is 21.2. The van der Waals surface area contributed by atoms with Crippen molar-refractivity contribution in [2.45, 2.75) is 13.0 Å². The van der Waals surface area contributed by atoms with E-state index in [1.807, 2.05) is 24.3 Å². The Balaban J connectivity index is 1.36. The predicted octanol–water partition coefficient (Wildman–Crippen LogP) is 5.26. The van der Waals surface area contributed by atoms with Gasteiger partial charge in [0.05, 0.1) is 16.1 Å². The summed E-state index contributed by atoms with van der Waals surface area (Å²) in [6.45, 7) is 1.81. The normalized spacial score (nSPS) is 16.2. The first-order chi connectivity index (χ1) is 16.0. The molecule has 5 rings (SSSR count). The molecule has 7 nitrogen and oxygen atoms in total. The van der Waals surface area contributed by atoms with Gasteiger partial charge in [-0.05, 0) is 47.9 Å². The number of ketones is 1. The van der Waals surface area contributed by atoms with Gasteiger partial charge in [0.15, 0.2) is 5.76 Å².